The van der Waals surface area contributed by atoms with Gasteiger partial charge in [-0.05, 0) is 71.1 Å². The first-order valence-electron chi connectivity index (χ1n) is 12.4. The monoisotopic (exact) mass is 482 g/mol. The summed E-state index contributed by atoms with van der Waals surface area (Å²) in [4.78, 5) is 18.2. The minimum atomic E-state index is -0.0378. The number of hydrogen-bond donors (Lipinski definition) is 1. The van der Waals surface area contributed by atoms with Gasteiger partial charge in [0.05, 0.1) is 12.2 Å². The molecule has 1 aromatic carbocycles. The third kappa shape index (κ3) is 4.77. The molecule has 4 heterocycles. The second-order valence-corrected chi connectivity index (χ2v) is 8.89. The standard InChI is InChI=1S/C27H30N8O/c1-3-5-10-24-19-35(25-11-7-15-33(25)14-4-2)27(36)34(24)18-23-17-21(12-13-28-23)20-8-6-9-22(16-20)26-29-31-32-30-26/h6-9,11-13,15-17,19H,3-5,10,14,18H2,1-2H3,(H,29,30,31,32). The van der Waals surface area contributed by atoms with Crippen LogP contribution in [0.5, 0.6) is 0 Å². The summed E-state index contributed by atoms with van der Waals surface area (Å²) < 4.78 is 5.77. The van der Waals surface area contributed by atoms with E-state index < -0.39 is 0 Å². The highest BCUT2D eigenvalue weighted by atomic mass is 16.1. The molecule has 0 bridgehead atoms. The number of aromatic nitrogens is 8. The van der Waals surface area contributed by atoms with Crippen molar-refractivity contribution >= 4 is 0 Å². The van der Waals surface area contributed by atoms with Crippen molar-refractivity contribution in [3.63, 3.8) is 0 Å². The number of tetrazole rings is 1. The number of nitrogens with one attached hydrogen (secondary N) is 1. The fourth-order valence-electron chi connectivity index (χ4n) is 4.51. The van der Waals surface area contributed by atoms with Crippen molar-refractivity contribution in [3.05, 3.63) is 89.0 Å². The van der Waals surface area contributed by atoms with Crippen LogP contribution in [0.3, 0.4) is 0 Å². The molecule has 0 unspecified atom stereocenters. The second kappa shape index (κ2) is 10.6. The van der Waals surface area contributed by atoms with E-state index in [4.69, 9.17) is 0 Å². The van der Waals surface area contributed by atoms with Crippen molar-refractivity contribution in [1.29, 1.82) is 0 Å². The minimum absolute atomic E-state index is 0.0378. The molecule has 9 heteroatoms. The van der Waals surface area contributed by atoms with Gasteiger partial charge in [-0.1, -0.05) is 38.5 Å². The smallest absolute Gasteiger partial charge is 0.334 e. The molecule has 4 aromatic heterocycles. The van der Waals surface area contributed by atoms with Crippen LogP contribution in [0.15, 0.2) is 71.9 Å². The number of benzene rings is 1. The molecule has 0 saturated carbocycles. The van der Waals surface area contributed by atoms with Crippen LogP contribution in [0.2, 0.25) is 0 Å². The number of imidazole rings is 1. The Bertz CT molecular complexity index is 1490. The van der Waals surface area contributed by atoms with Crippen molar-refractivity contribution in [1.82, 2.24) is 39.3 Å². The summed E-state index contributed by atoms with van der Waals surface area (Å²) in [6, 6.07) is 16.0. The number of nitrogens with zero attached hydrogens (tertiary/aromatic N) is 7. The highest BCUT2D eigenvalue weighted by molar-refractivity contribution is 5.70. The molecule has 1 N–H and O–H groups in total. The summed E-state index contributed by atoms with van der Waals surface area (Å²) in [5, 5.41) is 14.2. The average molecular weight is 483 g/mol. The number of aryl methyl sites for hydroxylation is 2. The Morgan fingerprint density at radius 1 is 0.972 bits per heavy atom. The molecule has 5 rings (SSSR count). The Balaban J connectivity index is 1.49. The summed E-state index contributed by atoms with van der Waals surface area (Å²) in [5.74, 6) is 1.52. The van der Waals surface area contributed by atoms with Crippen LogP contribution in [0.1, 0.15) is 44.5 Å². The molecule has 0 aliphatic heterocycles. The normalized spacial score (nSPS) is 11.3. The maximum atomic E-state index is 13.6. The zero-order chi connectivity index (χ0) is 24.9. The van der Waals surface area contributed by atoms with Crippen molar-refractivity contribution < 1.29 is 0 Å². The molecule has 36 heavy (non-hydrogen) atoms. The summed E-state index contributed by atoms with van der Waals surface area (Å²) >= 11 is 0. The molecule has 184 valence electrons. The number of pyridine rings is 1. The van der Waals surface area contributed by atoms with Crippen LogP contribution in [-0.4, -0.2) is 39.3 Å². The topological polar surface area (TPSA) is 99.2 Å². The number of aromatic amines is 1. The lowest BCUT2D eigenvalue weighted by molar-refractivity contribution is 0.641. The predicted molar refractivity (Wildman–Crippen MR) is 139 cm³/mol. The van der Waals surface area contributed by atoms with E-state index in [2.05, 4.69) is 44.0 Å². The molecule has 0 saturated heterocycles. The van der Waals surface area contributed by atoms with Gasteiger partial charge >= 0.3 is 5.69 Å². The Hall–Kier alpha value is -4.27. The third-order valence-electron chi connectivity index (χ3n) is 6.32. The Kier molecular flexibility index (Phi) is 6.88. The van der Waals surface area contributed by atoms with Crippen LogP contribution in [0.25, 0.3) is 28.3 Å². The minimum Gasteiger partial charge on any atom is -0.334 e. The molecule has 0 spiro atoms. The van der Waals surface area contributed by atoms with E-state index >= 15 is 0 Å². The van der Waals surface area contributed by atoms with Gasteiger partial charge in [-0.3, -0.25) is 14.1 Å². The highest BCUT2D eigenvalue weighted by Gasteiger charge is 2.16. The first-order valence-corrected chi connectivity index (χ1v) is 12.4. The lowest BCUT2D eigenvalue weighted by Crippen LogP contribution is -2.26. The average Bonchev–Trinajstić information content (AvgIpc) is 3.66. The zero-order valence-electron chi connectivity index (χ0n) is 20.6. The quantitative estimate of drug-likeness (QED) is 0.316. The Morgan fingerprint density at radius 2 is 1.83 bits per heavy atom. The van der Waals surface area contributed by atoms with E-state index in [9.17, 15) is 4.79 Å². The van der Waals surface area contributed by atoms with Gasteiger partial charge in [0, 0.05) is 36.4 Å². The van der Waals surface area contributed by atoms with Gasteiger partial charge in [0.25, 0.3) is 0 Å². The highest BCUT2D eigenvalue weighted by Crippen LogP contribution is 2.24. The van der Waals surface area contributed by atoms with E-state index in [0.717, 1.165) is 66.1 Å². The largest absolute Gasteiger partial charge is 0.334 e. The Labute approximate surface area is 209 Å². The number of H-pyrrole nitrogens is 1. The fourth-order valence-corrected chi connectivity index (χ4v) is 4.51. The summed E-state index contributed by atoms with van der Waals surface area (Å²) in [6.45, 7) is 5.59. The first-order chi connectivity index (χ1) is 17.7. The van der Waals surface area contributed by atoms with Crippen molar-refractivity contribution in [2.45, 2.75) is 52.6 Å². The predicted octanol–water partition coefficient (Wildman–Crippen LogP) is 4.48. The van der Waals surface area contributed by atoms with E-state index in [0.29, 0.717) is 12.4 Å². The molecule has 0 aliphatic rings. The summed E-state index contributed by atoms with van der Waals surface area (Å²) in [7, 11) is 0. The van der Waals surface area contributed by atoms with Crippen LogP contribution in [0, 0.1) is 0 Å². The van der Waals surface area contributed by atoms with Gasteiger partial charge < -0.3 is 4.57 Å². The summed E-state index contributed by atoms with van der Waals surface area (Å²) in [6.07, 6.45) is 9.77. The lowest BCUT2D eigenvalue weighted by atomic mass is 10.0. The van der Waals surface area contributed by atoms with Crippen LogP contribution >= 0.6 is 0 Å². The zero-order valence-corrected chi connectivity index (χ0v) is 20.6. The summed E-state index contributed by atoms with van der Waals surface area (Å²) in [5.41, 5.74) is 4.78. The van der Waals surface area contributed by atoms with Gasteiger partial charge in [-0.15, -0.1) is 5.10 Å². The molecular formula is C27H30N8O. The lowest BCUT2D eigenvalue weighted by Gasteiger charge is -2.09. The number of hydrogen-bond acceptors (Lipinski definition) is 5. The number of rotatable bonds is 10. The molecular weight excluding hydrogens is 452 g/mol. The molecule has 0 radical (unpaired) electrons. The van der Waals surface area contributed by atoms with Crippen LogP contribution in [-0.2, 0) is 19.5 Å². The van der Waals surface area contributed by atoms with Crippen molar-refractivity contribution in [3.8, 4) is 28.3 Å². The fraction of sp³-hybridized carbons (Fsp3) is 0.296. The molecule has 0 amide bonds. The maximum absolute atomic E-state index is 13.6. The SMILES string of the molecule is CCCCc1cn(-c2cccn2CCC)c(=O)n1Cc1cc(-c2cccc(-c3nnn[nH]3)c2)ccn1. The number of unbranched alkanes of at least 4 members (excludes halogenated alkanes) is 1. The van der Waals surface area contributed by atoms with Crippen molar-refractivity contribution in [2.24, 2.45) is 0 Å². The van der Waals surface area contributed by atoms with Gasteiger partial charge in [0.1, 0.15) is 5.82 Å². The molecule has 9 nitrogen and oxygen atoms in total. The van der Waals surface area contributed by atoms with Crippen LogP contribution < -0.4 is 5.69 Å². The van der Waals surface area contributed by atoms with Gasteiger partial charge in [0.15, 0.2) is 5.82 Å². The van der Waals surface area contributed by atoms with E-state index in [1.165, 1.54) is 0 Å². The molecule has 0 atom stereocenters. The van der Waals surface area contributed by atoms with E-state index in [1.54, 1.807) is 10.8 Å². The van der Waals surface area contributed by atoms with Gasteiger partial charge in [0.2, 0.25) is 0 Å². The van der Waals surface area contributed by atoms with Gasteiger partial charge in [-0.25, -0.2) is 9.89 Å². The van der Waals surface area contributed by atoms with Crippen LogP contribution in [0.4, 0.5) is 0 Å². The van der Waals surface area contributed by atoms with Crippen molar-refractivity contribution in [2.75, 3.05) is 0 Å². The van der Waals surface area contributed by atoms with E-state index in [1.807, 2.05) is 65.5 Å². The molecule has 0 aliphatic carbocycles. The van der Waals surface area contributed by atoms with E-state index in [-0.39, 0.29) is 5.69 Å². The second-order valence-electron chi connectivity index (χ2n) is 8.89. The van der Waals surface area contributed by atoms with Gasteiger partial charge in [-0.2, -0.15) is 0 Å². The Morgan fingerprint density at radius 3 is 2.64 bits per heavy atom. The first kappa shape index (κ1) is 23.5. The molecule has 5 aromatic rings. The molecule has 0 fully saturated rings. The third-order valence-corrected chi connectivity index (χ3v) is 6.32. The maximum Gasteiger partial charge on any atom is 0.334 e.